The molecule has 0 fully saturated rings. The third-order valence-corrected chi connectivity index (χ3v) is 3.44. The average molecular weight is 306 g/mol. The van der Waals surface area contributed by atoms with Gasteiger partial charge in [0.05, 0.1) is 6.04 Å². The number of rotatable bonds is 3. The number of aryl methyl sites for hydroxylation is 2. The van der Waals surface area contributed by atoms with Gasteiger partial charge in [0.1, 0.15) is 0 Å². The molecule has 1 heterocycles. The van der Waals surface area contributed by atoms with E-state index >= 15 is 0 Å². The molecule has 0 amide bonds. The summed E-state index contributed by atoms with van der Waals surface area (Å²) in [7, 11) is 0. The number of nitrogens with zero attached hydrogens (tertiary/aromatic N) is 1. The number of hydrogen-bond acceptors (Lipinski definition) is 3. The van der Waals surface area contributed by atoms with Crippen LogP contribution in [0.5, 0.6) is 0 Å². The van der Waals surface area contributed by atoms with Gasteiger partial charge in [-0.1, -0.05) is 28.1 Å². The van der Waals surface area contributed by atoms with Gasteiger partial charge >= 0.3 is 0 Å². The summed E-state index contributed by atoms with van der Waals surface area (Å²) in [5, 5.41) is 0. The lowest BCUT2D eigenvalue weighted by Crippen LogP contribution is -2.29. The molecule has 2 rings (SSSR count). The molecule has 1 aromatic carbocycles. The van der Waals surface area contributed by atoms with Gasteiger partial charge in [-0.05, 0) is 48.2 Å². The summed E-state index contributed by atoms with van der Waals surface area (Å²) < 4.78 is 1.05. The molecule has 4 heteroatoms. The van der Waals surface area contributed by atoms with Crippen LogP contribution in [0.3, 0.4) is 0 Å². The molecule has 3 N–H and O–H groups in total. The molecular formula is C14H16BrN3. The molecule has 1 unspecified atom stereocenters. The Labute approximate surface area is 116 Å². The number of pyridine rings is 1. The van der Waals surface area contributed by atoms with E-state index in [1.54, 1.807) is 0 Å². The minimum atomic E-state index is -0.0464. The maximum atomic E-state index is 5.71. The fraction of sp³-hybridized carbons (Fsp3) is 0.214. The van der Waals surface area contributed by atoms with Crippen LogP contribution in [0.15, 0.2) is 41.1 Å². The quantitative estimate of drug-likeness (QED) is 0.677. The van der Waals surface area contributed by atoms with E-state index in [2.05, 4.69) is 51.5 Å². The van der Waals surface area contributed by atoms with Crippen LogP contribution < -0.4 is 11.3 Å². The van der Waals surface area contributed by atoms with Crippen molar-refractivity contribution in [2.45, 2.75) is 19.9 Å². The SMILES string of the molecule is Cc1cncc(C(NN)c2cc(Br)ccc2C)c1. The smallest absolute Gasteiger partial charge is 0.0728 e. The number of hydrogen-bond donors (Lipinski definition) is 2. The average Bonchev–Trinajstić information content (AvgIpc) is 2.35. The zero-order chi connectivity index (χ0) is 13.1. The fourth-order valence-electron chi connectivity index (χ4n) is 2.02. The second-order valence-electron chi connectivity index (χ2n) is 4.40. The molecule has 0 aliphatic heterocycles. The molecule has 0 radical (unpaired) electrons. The van der Waals surface area contributed by atoms with Gasteiger partial charge in [-0.2, -0.15) is 0 Å². The highest BCUT2D eigenvalue weighted by Gasteiger charge is 2.15. The van der Waals surface area contributed by atoms with Crippen molar-refractivity contribution in [3.63, 3.8) is 0 Å². The Morgan fingerprint density at radius 1 is 1.22 bits per heavy atom. The molecule has 1 atom stereocenters. The Bertz CT molecular complexity index is 554. The number of nitrogens with one attached hydrogen (secondary N) is 1. The first kappa shape index (κ1) is 13.2. The summed E-state index contributed by atoms with van der Waals surface area (Å²) in [6.45, 7) is 4.10. The second kappa shape index (κ2) is 5.61. The molecule has 0 saturated heterocycles. The van der Waals surface area contributed by atoms with E-state index in [-0.39, 0.29) is 6.04 Å². The van der Waals surface area contributed by atoms with E-state index in [9.17, 15) is 0 Å². The van der Waals surface area contributed by atoms with Crippen molar-refractivity contribution in [1.29, 1.82) is 0 Å². The van der Waals surface area contributed by atoms with Crippen molar-refractivity contribution < 1.29 is 0 Å². The van der Waals surface area contributed by atoms with E-state index in [0.717, 1.165) is 21.2 Å². The minimum Gasteiger partial charge on any atom is -0.271 e. The Kier molecular flexibility index (Phi) is 4.11. The Hall–Kier alpha value is -1.23. The summed E-state index contributed by atoms with van der Waals surface area (Å²) in [6, 6.07) is 8.24. The van der Waals surface area contributed by atoms with Crippen LogP contribution in [0.4, 0.5) is 0 Å². The third-order valence-electron chi connectivity index (χ3n) is 2.95. The van der Waals surface area contributed by atoms with Crippen molar-refractivity contribution in [3.8, 4) is 0 Å². The first-order valence-corrected chi connectivity index (χ1v) is 6.55. The highest BCUT2D eigenvalue weighted by molar-refractivity contribution is 9.10. The van der Waals surface area contributed by atoms with Crippen molar-refractivity contribution in [2.24, 2.45) is 5.84 Å². The van der Waals surface area contributed by atoms with Gasteiger partial charge < -0.3 is 0 Å². The molecule has 0 aliphatic carbocycles. The monoisotopic (exact) mass is 305 g/mol. The standard InChI is InChI=1S/C14H16BrN3/c1-9-5-11(8-17-7-9)14(18-16)13-6-12(15)4-3-10(13)2/h3-8,14,18H,16H2,1-2H3. The van der Waals surface area contributed by atoms with Gasteiger partial charge in [-0.25, -0.2) is 5.43 Å². The largest absolute Gasteiger partial charge is 0.271 e. The lowest BCUT2D eigenvalue weighted by atomic mass is 9.96. The van der Waals surface area contributed by atoms with Gasteiger partial charge in [0.2, 0.25) is 0 Å². The third kappa shape index (κ3) is 2.77. The summed E-state index contributed by atoms with van der Waals surface area (Å²) in [5.74, 6) is 5.71. The molecule has 1 aromatic heterocycles. The number of nitrogens with two attached hydrogens (primary N) is 1. The van der Waals surface area contributed by atoms with Crippen molar-refractivity contribution in [1.82, 2.24) is 10.4 Å². The Balaban J connectivity index is 2.48. The lowest BCUT2D eigenvalue weighted by Gasteiger charge is -2.19. The Morgan fingerprint density at radius 2 is 2.00 bits per heavy atom. The van der Waals surface area contributed by atoms with E-state index < -0.39 is 0 Å². The van der Waals surface area contributed by atoms with Gasteiger partial charge in [0.15, 0.2) is 0 Å². The van der Waals surface area contributed by atoms with Gasteiger partial charge in [0.25, 0.3) is 0 Å². The zero-order valence-corrected chi connectivity index (χ0v) is 12.0. The molecule has 18 heavy (non-hydrogen) atoms. The zero-order valence-electron chi connectivity index (χ0n) is 10.4. The number of benzene rings is 1. The summed E-state index contributed by atoms with van der Waals surface area (Å²) >= 11 is 3.50. The van der Waals surface area contributed by atoms with E-state index in [4.69, 9.17) is 5.84 Å². The first-order chi connectivity index (χ1) is 8.61. The molecule has 2 aromatic rings. The van der Waals surface area contributed by atoms with Crippen molar-refractivity contribution in [2.75, 3.05) is 0 Å². The van der Waals surface area contributed by atoms with Crippen LogP contribution in [0, 0.1) is 13.8 Å². The van der Waals surface area contributed by atoms with E-state index in [0.29, 0.717) is 0 Å². The topological polar surface area (TPSA) is 50.9 Å². The normalized spacial score (nSPS) is 12.4. The van der Waals surface area contributed by atoms with E-state index in [1.807, 2.05) is 25.4 Å². The van der Waals surface area contributed by atoms with Crippen LogP contribution in [0.1, 0.15) is 28.3 Å². The summed E-state index contributed by atoms with van der Waals surface area (Å²) in [5.41, 5.74) is 7.41. The van der Waals surface area contributed by atoms with Crippen LogP contribution >= 0.6 is 15.9 Å². The van der Waals surface area contributed by atoms with Gasteiger partial charge in [-0.3, -0.25) is 10.8 Å². The predicted octanol–water partition coefficient (Wildman–Crippen LogP) is 3.01. The molecule has 0 aliphatic rings. The minimum absolute atomic E-state index is 0.0464. The number of hydrazine groups is 1. The Morgan fingerprint density at radius 3 is 2.67 bits per heavy atom. The molecule has 0 spiro atoms. The maximum Gasteiger partial charge on any atom is 0.0728 e. The predicted molar refractivity (Wildman–Crippen MR) is 77.0 cm³/mol. The molecular weight excluding hydrogens is 290 g/mol. The second-order valence-corrected chi connectivity index (χ2v) is 5.31. The lowest BCUT2D eigenvalue weighted by molar-refractivity contribution is 0.630. The van der Waals surface area contributed by atoms with Gasteiger partial charge in [0, 0.05) is 16.9 Å². The van der Waals surface area contributed by atoms with Crippen molar-refractivity contribution >= 4 is 15.9 Å². The summed E-state index contributed by atoms with van der Waals surface area (Å²) in [4.78, 5) is 4.22. The highest BCUT2D eigenvalue weighted by atomic mass is 79.9. The van der Waals surface area contributed by atoms with E-state index in [1.165, 1.54) is 5.56 Å². The summed E-state index contributed by atoms with van der Waals surface area (Å²) in [6.07, 6.45) is 3.68. The van der Waals surface area contributed by atoms with Crippen LogP contribution in [-0.4, -0.2) is 4.98 Å². The molecule has 94 valence electrons. The first-order valence-electron chi connectivity index (χ1n) is 5.75. The van der Waals surface area contributed by atoms with Crippen molar-refractivity contribution in [3.05, 3.63) is 63.4 Å². The number of halogens is 1. The molecule has 0 saturated carbocycles. The number of aromatic nitrogens is 1. The molecule has 0 bridgehead atoms. The van der Waals surface area contributed by atoms with Crippen LogP contribution in [0.2, 0.25) is 0 Å². The highest BCUT2D eigenvalue weighted by Crippen LogP contribution is 2.27. The van der Waals surface area contributed by atoms with Crippen LogP contribution in [0.25, 0.3) is 0 Å². The molecule has 3 nitrogen and oxygen atoms in total. The van der Waals surface area contributed by atoms with Crippen LogP contribution in [-0.2, 0) is 0 Å². The van der Waals surface area contributed by atoms with Gasteiger partial charge in [-0.15, -0.1) is 0 Å². The fourth-order valence-corrected chi connectivity index (χ4v) is 2.40. The maximum absolute atomic E-state index is 5.71.